The number of hydrogen-bond donors (Lipinski definition) is 5. The van der Waals surface area contributed by atoms with Gasteiger partial charge in [0.05, 0.1) is 0 Å². The molecule has 0 fully saturated rings. The van der Waals surface area contributed by atoms with E-state index in [1.165, 1.54) is 24.3 Å². The lowest BCUT2D eigenvalue weighted by atomic mass is 9.88. The van der Waals surface area contributed by atoms with E-state index in [-0.39, 0.29) is 11.3 Å². The van der Waals surface area contributed by atoms with E-state index in [4.69, 9.17) is 0 Å². The highest BCUT2D eigenvalue weighted by molar-refractivity contribution is 7.70. The Hall–Kier alpha value is -1.79. The van der Waals surface area contributed by atoms with Crippen LogP contribution in [0, 0.1) is 0 Å². The van der Waals surface area contributed by atoms with E-state index < -0.39 is 38.7 Å². The Kier molecular flexibility index (Phi) is 6.19. The summed E-state index contributed by atoms with van der Waals surface area (Å²) in [6.45, 7) is 0. The third-order valence-corrected chi connectivity index (χ3v) is 7.67. The molecular weight excluding hydrogens is 382 g/mol. The van der Waals surface area contributed by atoms with E-state index in [0.717, 1.165) is 0 Å². The lowest BCUT2D eigenvalue weighted by molar-refractivity contribution is 0.0956. The summed E-state index contributed by atoms with van der Waals surface area (Å²) in [5.74, 6) is -1.81. The number of rotatable bonds is 7. The summed E-state index contributed by atoms with van der Waals surface area (Å²) in [5.41, 5.74) is 0.518. The molecule has 0 aromatic heterocycles. The Morgan fingerprint density at radius 1 is 0.846 bits per heavy atom. The Balaban J connectivity index is 2.48. The fraction of sp³-hybridized carbons (Fsp3) is 0.188. The largest absolute Gasteiger partial charge is 0.508 e. The van der Waals surface area contributed by atoms with Crippen molar-refractivity contribution in [3.63, 3.8) is 0 Å². The molecule has 2 rings (SSSR count). The molecule has 8 nitrogen and oxygen atoms in total. The molecule has 26 heavy (non-hydrogen) atoms. The van der Waals surface area contributed by atoms with Gasteiger partial charge in [0.25, 0.3) is 0 Å². The maximum atomic E-state index is 12.9. The first-order valence-electron chi connectivity index (χ1n) is 7.49. The first-order chi connectivity index (χ1) is 12.0. The quantitative estimate of drug-likeness (QED) is 0.351. The van der Waals surface area contributed by atoms with Crippen LogP contribution in [0.4, 0.5) is 0 Å². The van der Waals surface area contributed by atoms with Gasteiger partial charge in [0.1, 0.15) is 5.75 Å². The van der Waals surface area contributed by atoms with Crippen molar-refractivity contribution in [2.75, 3.05) is 0 Å². The second-order valence-corrected chi connectivity index (χ2v) is 9.78. The molecule has 0 spiro atoms. The highest BCUT2D eigenvalue weighted by atomic mass is 31.2. The summed E-state index contributed by atoms with van der Waals surface area (Å²) >= 11 is 0. The molecule has 1 unspecified atom stereocenters. The lowest BCUT2D eigenvalue weighted by Crippen LogP contribution is -2.20. The molecule has 0 aliphatic carbocycles. The van der Waals surface area contributed by atoms with Crippen molar-refractivity contribution in [3.05, 3.63) is 65.7 Å². The Morgan fingerprint density at radius 2 is 1.35 bits per heavy atom. The van der Waals surface area contributed by atoms with Gasteiger partial charge in [0.2, 0.25) is 0 Å². The number of hydrogen-bond acceptors (Lipinski definition) is 4. The van der Waals surface area contributed by atoms with Crippen molar-refractivity contribution in [1.29, 1.82) is 0 Å². The van der Waals surface area contributed by atoms with Gasteiger partial charge < -0.3 is 24.7 Å². The maximum absolute atomic E-state index is 12.9. The Bertz CT molecular complexity index is 832. The molecule has 0 radical (unpaired) electrons. The van der Waals surface area contributed by atoms with Gasteiger partial charge in [-0.3, -0.25) is 13.9 Å². The van der Waals surface area contributed by atoms with Gasteiger partial charge in [-0.25, -0.2) is 0 Å². The summed E-state index contributed by atoms with van der Waals surface area (Å²) in [5, 5.41) is 7.05. The first-order valence-corrected chi connectivity index (χ1v) is 10.8. The summed E-state index contributed by atoms with van der Waals surface area (Å²) in [4.78, 5) is 50.3. The van der Waals surface area contributed by atoms with Gasteiger partial charge in [-0.2, -0.15) is 0 Å². The average Bonchev–Trinajstić information content (AvgIpc) is 2.54. The SMILES string of the molecule is O=C(c1ccc(O)cc1)C(CC(P(=O)(O)O)P(=O)(O)O)c1ccccc1. The van der Waals surface area contributed by atoms with Crippen molar-refractivity contribution in [1.82, 2.24) is 0 Å². The molecule has 0 heterocycles. The molecular formula is C16H18O8P2. The number of aromatic hydroxyl groups is 1. The van der Waals surface area contributed by atoms with E-state index in [1.54, 1.807) is 30.3 Å². The number of Topliss-reactive ketones (excluding diaryl/α,β-unsaturated/α-hetero) is 1. The van der Waals surface area contributed by atoms with Gasteiger partial charge in [-0.05, 0) is 36.2 Å². The maximum Gasteiger partial charge on any atom is 0.340 e. The number of phenolic OH excluding ortho intramolecular Hbond substituents is 1. The molecule has 0 saturated heterocycles. The van der Waals surface area contributed by atoms with Crippen molar-refractivity contribution >= 4 is 21.0 Å². The van der Waals surface area contributed by atoms with E-state index >= 15 is 0 Å². The third-order valence-electron chi connectivity index (χ3n) is 3.89. The van der Waals surface area contributed by atoms with Crippen LogP contribution in [0.2, 0.25) is 0 Å². The van der Waals surface area contributed by atoms with Gasteiger partial charge in [-0.1, -0.05) is 30.3 Å². The van der Waals surface area contributed by atoms with Gasteiger partial charge >= 0.3 is 15.2 Å². The van der Waals surface area contributed by atoms with Crippen LogP contribution in [-0.4, -0.2) is 35.9 Å². The smallest absolute Gasteiger partial charge is 0.340 e. The van der Waals surface area contributed by atoms with E-state index in [9.17, 15) is 38.6 Å². The van der Waals surface area contributed by atoms with E-state index in [0.29, 0.717) is 5.56 Å². The lowest BCUT2D eigenvalue weighted by Gasteiger charge is -2.24. The fourth-order valence-corrected chi connectivity index (χ4v) is 5.13. The normalized spacial score (nSPS) is 13.6. The molecule has 5 N–H and O–H groups in total. The molecule has 2 aromatic carbocycles. The zero-order chi connectivity index (χ0) is 19.5. The number of benzene rings is 2. The summed E-state index contributed by atoms with van der Waals surface area (Å²) in [7, 11) is -10.3. The molecule has 0 aliphatic heterocycles. The minimum absolute atomic E-state index is 0.0684. The van der Waals surface area contributed by atoms with Gasteiger partial charge in [-0.15, -0.1) is 0 Å². The number of carbonyl (C=O) groups excluding carboxylic acids is 1. The topological polar surface area (TPSA) is 152 Å². The zero-order valence-corrected chi connectivity index (χ0v) is 15.2. The Morgan fingerprint density at radius 3 is 1.81 bits per heavy atom. The van der Waals surface area contributed by atoms with Crippen LogP contribution in [0.25, 0.3) is 0 Å². The molecule has 0 amide bonds. The molecule has 0 bridgehead atoms. The van der Waals surface area contributed by atoms with Crippen LogP contribution in [0.3, 0.4) is 0 Å². The van der Waals surface area contributed by atoms with Crippen molar-refractivity contribution in [2.45, 2.75) is 17.7 Å². The van der Waals surface area contributed by atoms with Gasteiger partial charge in [0, 0.05) is 11.5 Å². The predicted octanol–water partition coefficient (Wildman–Crippen LogP) is 2.43. The van der Waals surface area contributed by atoms with Crippen LogP contribution in [0.15, 0.2) is 54.6 Å². The van der Waals surface area contributed by atoms with Crippen LogP contribution < -0.4 is 0 Å². The van der Waals surface area contributed by atoms with Crippen molar-refractivity contribution in [2.24, 2.45) is 0 Å². The van der Waals surface area contributed by atoms with Crippen LogP contribution in [0.1, 0.15) is 28.3 Å². The van der Waals surface area contributed by atoms with Crippen molar-refractivity contribution in [3.8, 4) is 5.75 Å². The molecule has 1 atom stereocenters. The highest BCUT2D eigenvalue weighted by Crippen LogP contribution is 2.62. The summed E-state index contributed by atoms with van der Waals surface area (Å²) in [6.07, 6.45) is -0.724. The highest BCUT2D eigenvalue weighted by Gasteiger charge is 2.45. The average molecular weight is 400 g/mol. The predicted molar refractivity (Wildman–Crippen MR) is 94.1 cm³/mol. The van der Waals surface area contributed by atoms with Crippen LogP contribution >= 0.6 is 15.2 Å². The Labute approximate surface area is 149 Å². The monoisotopic (exact) mass is 400 g/mol. The second-order valence-electron chi connectivity index (χ2n) is 5.77. The summed E-state index contributed by atoms with van der Waals surface area (Å²) < 4.78 is 23.2. The van der Waals surface area contributed by atoms with Crippen LogP contribution in [-0.2, 0) is 9.13 Å². The number of ketones is 1. The molecule has 0 aliphatic rings. The molecule has 0 saturated carbocycles. The number of phenols is 1. The van der Waals surface area contributed by atoms with Crippen LogP contribution in [0.5, 0.6) is 5.75 Å². The number of carbonyl (C=O) groups is 1. The molecule has 2 aromatic rings. The minimum Gasteiger partial charge on any atom is -0.508 e. The van der Waals surface area contributed by atoms with Gasteiger partial charge in [0.15, 0.2) is 11.2 Å². The third kappa shape index (κ3) is 5.11. The van der Waals surface area contributed by atoms with Crippen molar-refractivity contribution < 1.29 is 38.6 Å². The first kappa shape index (κ1) is 20.5. The molecule has 10 heteroatoms. The standard InChI is InChI=1S/C16H18O8P2/c17-13-8-6-12(7-9-13)16(18)14(11-4-2-1-3-5-11)10-15(25(19,20)21)26(22,23)24/h1-9,14-15,17H,10H2,(H2,19,20,21)(H2,22,23,24). The fourth-order valence-electron chi connectivity index (χ4n) is 2.59. The summed E-state index contributed by atoms with van der Waals surface area (Å²) in [6, 6.07) is 13.2. The van der Waals surface area contributed by atoms with E-state index in [2.05, 4.69) is 0 Å². The zero-order valence-electron chi connectivity index (χ0n) is 13.4. The van der Waals surface area contributed by atoms with E-state index in [1.807, 2.05) is 0 Å². The minimum atomic E-state index is -5.17. The second kappa shape index (κ2) is 7.84. The molecule has 140 valence electrons.